The fraction of sp³-hybridized carbons (Fsp3) is 0.680. The van der Waals surface area contributed by atoms with Crippen LogP contribution in [0.25, 0.3) is 0 Å². The Morgan fingerprint density at radius 2 is 2.03 bits per heavy atom. The molecule has 1 saturated heterocycles. The summed E-state index contributed by atoms with van der Waals surface area (Å²) in [5, 5.41) is 6.53. The third kappa shape index (κ3) is 3.74. The highest BCUT2D eigenvalue weighted by Crippen LogP contribution is 2.52. The maximum atomic E-state index is 13.2. The lowest BCUT2D eigenvalue weighted by molar-refractivity contribution is -0.147. The van der Waals surface area contributed by atoms with Gasteiger partial charge in [0.2, 0.25) is 5.91 Å². The van der Waals surface area contributed by atoms with Crippen molar-refractivity contribution in [2.45, 2.75) is 70.2 Å². The highest BCUT2D eigenvalue weighted by atomic mass is 16.5. The summed E-state index contributed by atoms with van der Waals surface area (Å²) in [7, 11) is 1.61. The van der Waals surface area contributed by atoms with Crippen molar-refractivity contribution in [3.05, 3.63) is 23.8 Å². The molecule has 1 spiro atoms. The average molecular weight is 442 g/mol. The predicted octanol–water partition coefficient (Wildman–Crippen LogP) is 2.94. The lowest BCUT2D eigenvalue weighted by Crippen LogP contribution is -2.67. The summed E-state index contributed by atoms with van der Waals surface area (Å²) < 4.78 is 11.8. The number of rotatable bonds is 4. The van der Waals surface area contributed by atoms with Gasteiger partial charge in [-0.15, -0.1) is 0 Å². The first-order valence-corrected chi connectivity index (χ1v) is 12.1. The van der Waals surface area contributed by atoms with E-state index in [0.717, 1.165) is 45.2 Å². The molecule has 3 aliphatic carbocycles. The van der Waals surface area contributed by atoms with Crippen LogP contribution in [-0.2, 0) is 4.79 Å². The molecule has 174 valence electrons. The number of benzene rings is 1. The standard InChI is InChI=1S/C25H35N3O4/c1-15(2)28-10-8-18(9-11-28)26-23(29)21-12-17-5-4-16(21)14-25(17)27-24(30)20-7-6-19(31-3)13-22(20)32-25/h6-7,13,15-18,21H,4-5,8-12,14H2,1-3H3,(H,26,29)(H,27,30). The van der Waals surface area contributed by atoms with Crippen molar-refractivity contribution < 1.29 is 19.1 Å². The normalized spacial score (nSPS) is 32.4. The molecule has 7 nitrogen and oxygen atoms in total. The third-order valence-corrected chi connectivity index (χ3v) is 8.21. The molecular formula is C25H35N3O4. The second-order valence-corrected chi connectivity index (χ2v) is 10.3. The molecule has 3 saturated carbocycles. The Hall–Kier alpha value is -2.28. The number of piperidine rings is 1. The summed E-state index contributed by atoms with van der Waals surface area (Å²) in [6.07, 6.45) is 5.48. The average Bonchev–Trinajstić information content (AvgIpc) is 2.79. The lowest BCUT2D eigenvalue weighted by Gasteiger charge is -2.55. The molecule has 32 heavy (non-hydrogen) atoms. The van der Waals surface area contributed by atoms with E-state index < -0.39 is 5.72 Å². The van der Waals surface area contributed by atoms with Crippen molar-refractivity contribution in [3.8, 4) is 11.5 Å². The zero-order valence-corrected chi connectivity index (χ0v) is 19.4. The number of amides is 2. The van der Waals surface area contributed by atoms with E-state index in [9.17, 15) is 9.59 Å². The van der Waals surface area contributed by atoms with Gasteiger partial charge in [0, 0.05) is 49.5 Å². The topological polar surface area (TPSA) is 79.9 Å². The Morgan fingerprint density at radius 3 is 2.69 bits per heavy atom. The molecule has 4 unspecified atom stereocenters. The summed E-state index contributed by atoms with van der Waals surface area (Å²) >= 11 is 0. The molecule has 0 radical (unpaired) electrons. The molecule has 1 aromatic carbocycles. The number of likely N-dealkylation sites (tertiary alicyclic amines) is 1. The van der Waals surface area contributed by atoms with Gasteiger partial charge in [0.1, 0.15) is 11.5 Å². The van der Waals surface area contributed by atoms with Gasteiger partial charge in [0.15, 0.2) is 5.72 Å². The van der Waals surface area contributed by atoms with Gasteiger partial charge in [-0.25, -0.2) is 0 Å². The van der Waals surface area contributed by atoms with Crippen LogP contribution in [0.2, 0.25) is 0 Å². The zero-order valence-electron chi connectivity index (χ0n) is 19.4. The Morgan fingerprint density at radius 1 is 1.25 bits per heavy atom. The van der Waals surface area contributed by atoms with Crippen molar-refractivity contribution in [2.75, 3.05) is 20.2 Å². The van der Waals surface area contributed by atoms with E-state index >= 15 is 0 Å². The summed E-state index contributed by atoms with van der Waals surface area (Å²) in [5.74, 6) is 1.72. The quantitative estimate of drug-likeness (QED) is 0.751. The van der Waals surface area contributed by atoms with Crippen molar-refractivity contribution in [3.63, 3.8) is 0 Å². The molecule has 2 N–H and O–H groups in total. The number of methoxy groups -OCH3 is 1. The molecule has 2 heterocycles. The van der Waals surface area contributed by atoms with Crippen molar-refractivity contribution in [1.82, 2.24) is 15.5 Å². The monoisotopic (exact) mass is 441 g/mol. The summed E-state index contributed by atoms with van der Waals surface area (Å²) in [6.45, 7) is 6.55. The predicted molar refractivity (Wildman–Crippen MR) is 121 cm³/mol. The molecule has 5 aliphatic rings. The lowest BCUT2D eigenvalue weighted by atomic mass is 9.60. The van der Waals surface area contributed by atoms with Gasteiger partial charge < -0.3 is 25.0 Å². The minimum atomic E-state index is -0.710. The Kier molecular flexibility index (Phi) is 5.56. The highest BCUT2D eigenvalue weighted by molar-refractivity contribution is 5.98. The minimum absolute atomic E-state index is 0.00899. The highest BCUT2D eigenvalue weighted by Gasteiger charge is 2.57. The number of carbonyl (C=O) groups is 2. The number of fused-ring (bicyclic) bond motifs is 3. The smallest absolute Gasteiger partial charge is 0.258 e. The molecule has 4 fully saturated rings. The first-order chi connectivity index (χ1) is 15.4. The summed E-state index contributed by atoms with van der Waals surface area (Å²) in [6, 6.07) is 6.16. The molecule has 7 heteroatoms. The van der Waals surface area contributed by atoms with E-state index in [2.05, 4.69) is 29.4 Å². The van der Waals surface area contributed by atoms with Gasteiger partial charge in [-0.2, -0.15) is 0 Å². The fourth-order valence-electron chi connectivity index (χ4n) is 6.31. The first-order valence-electron chi connectivity index (χ1n) is 12.1. The fourth-order valence-corrected chi connectivity index (χ4v) is 6.31. The molecule has 2 aliphatic heterocycles. The van der Waals surface area contributed by atoms with Gasteiger partial charge in [-0.05, 0) is 64.0 Å². The molecule has 2 amide bonds. The van der Waals surface area contributed by atoms with E-state index in [0.29, 0.717) is 29.5 Å². The van der Waals surface area contributed by atoms with E-state index in [1.165, 1.54) is 0 Å². The van der Waals surface area contributed by atoms with Crippen molar-refractivity contribution >= 4 is 11.8 Å². The van der Waals surface area contributed by atoms with Crippen LogP contribution in [0, 0.1) is 17.8 Å². The van der Waals surface area contributed by atoms with Crippen LogP contribution >= 0.6 is 0 Å². The minimum Gasteiger partial charge on any atom is -0.497 e. The summed E-state index contributed by atoms with van der Waals surface area (Å²) in [4.78, 5) is 28.6. The number of hydrogen-bond acceptors (Lipinski definition) is 5. The largest absolute Gasteiger partial charge is 0.497 e. The van der Waals surface area contributed by atoms with Crippen LogP contribution in [0.3, 0.4) is 0 Å². The molecule has 2 bridgehead atoms. The second-order valence-electron chi connectivity index (χ2n) is 10.3. The van der Waals surface area contributed by atoms with Gasteiger partial charge in [-0.1, -0.05) is 0 Å². The third-order valence-electron chi connectivity index (χ3n) is 8.21. The van der Waals surface area contributed by atoms with Crippen LogP contribution in [-0.4, -0.2) is 54.7 Å². The maximum Gasteiger partial charge on any atom is 0.258 e. The molecule has 6 rings (SSSR count). The maximum absolute atomic E-state index is 13.2. The Balaban J connectivity index is 1.26. The van der Waals surface area contributed by atoms with Crippen LogP contribution in [0.1, 0.15) is 62.7 Å². The zero-order chi connectivity index (χ0) is 22.5. The van der Waals surface area contributed by atoms with Gasteiger partial charge in [-0.3, -0.25) is 9.59 Å². The van der Waals surface area contributed by atoms with Crippen LogP contribution in [0.5, 0.6) is 11.5 Å². The number of nitrogens with zero attached hydrogens (tertiary/aromatic N) is 1. The van der Waals surface area contributed by atoms with E-state index in [-0.39, 0.29) is 35.6 Å². The number of nitrogens with one attached hydrogen (secondary N) is 2. The molecule has 4 atom stereocenters. The number of hydrogen-bond donors (Lipinski definition) is 2. The molecule has 0 aromatic heterocycles. The Bertz CT molecular complexity index is 895. The van der Waals surface area contributed by atoms with Crippen LogP contribution in [0.15, 0.2) is 18.2 Å². The van der Waals surface area contributed by atoms with E-state index in [1.807, 2.05) is 0 Å². The van der Waals surface area contributed by atoms with E-state index in [4.69, 9.17) is 9.47 Å². The molecular weight excluding hydrogens is 406 g/mol. The van der Waals surface area contributed by atoms with Gasteiger partial charge in [0.25, 0.3) is 5.91 Å². The second kappa shape index (κ2) is 8.25. The van der Waals surface area contributed by atoms with Crippen LogP contribution in [0.4, 0.5) is 0 Å². The van der Waals surface area contributed by atoms with Crippen molar-refractivity contribution in [2.24, 2.45) is 17.8 Å². The Labute approximate surface area is 190 Å². The molecule has 1 aromatic rings. The SMILES string of the molecule is COc1ccc2c(c1)OC1(CC3CCC1CC3C(=O)NC1CCN(C(C)C)CC1)NC2=O. The summed E-state index contributed by atoms with van der Waals surface area (Å²) in [5.41, 5.74) is -0.168. The van der Waals surface area contributed by atoms with Crippen molar-refractivity contribution in [1.29, 1.82) is 0 Å². The van der Waals surface area contributed by atoms with E-state index in [1.54, 1.807) is 25.3 Å². The number of ether oxygens (including phenoxy) is 2. The number of carbonyl (C=O) groups excluding carboxylic acids is 2. The van der Waals surface area contributed by atoms with Crippen LogP contribution < -0.4 is 20.1 Å². The first kappa shape index (κ1) is 21.6. The van der Waals surface area contributed by atoms with Gasteiger partial charge in [0.05, 0.1) is 12.7 Å². The van der Waals surface area contributed by atoms with Gasteiger partial charge >= 0.3 is 0 Å².